The summed E-state index contributed by atoms with van der Waals surface area (Å²) in [7, 11) is 0. The molecule has 0 fully saturated rings. The highest BCUT2D eigenvalue weighted by Crippen LogP contribution is 2.22. The molecule has 0 aliphatic rings. The monoisotopic (exact) mass is 304 g/mol. The normalized spacial score (nSPS) is 10.4. The Kier molecular flexibility index (Phi) is 4.07. The smallest absolute Gasteiger partial charge is 0.120 e. The Labute approximate surface area is 117 Å². The van der Waals surface area contributed by atoms with Gasteiger partial charge in [0.25, 0.3) is 0 Å². The molecule has 18 heavy (non-hydrogen) atoms. The van der Waals surface area contributed by atoms with E-state index in [0.29, 0.717) is 6.61 Å². The van der Waals surface area contributed by atoms with Gasteiger partial charge in [-0.1, -0.05) is 45.3 Å². The summed E-state index contributed by atoms with van der Waals surface area (Å²) in [5.41, 5.74) is 4.96. The molecule has 0 heterocycles. The van der Waals surface area contributed by atoms with Crippen molar-refractivity contribution in [1.82, 2.24) is 0 Å². The first-order valence-corrected chi connectivity index (χ1v) is 6.80. The molecule has 94 valence electrons. The van der Waals surface area contributed by atoms with E-state index in [-0.39, 0.29) is 0 Å². The molecule has 0 saturated carbocycles. The predicted molar refractivity (Wildman–Crippen MR) is 79.1 cm³/mol. The number of rotatable bonds is 3. The molecule has 2 rings (SSSR count). The Balaban J connectivity index is 2.08. The van der Waals surface area contributed by atoms with Crippen LogP contribution < -0.4 is 4.74 Å². The van der Waals surface area contributed by atoms with E-state index in [1.54, 1.807) is 0 Å². The Hall–Kier alpha value is -1.28. The molecule has 0 atom stereocenters. The maximum atomic E-state index is 5.82. The largest absolute Gasteiger partial charge is 0.489 e. The van der Waals surface area contributed by atoms with Crippen LogP contribution in [0, 0.1) is 20.8 Å². The molecule has 0 spiro atoms. The highest BCUT2D eigenvalue weighted by molar-refractivity contribution is 9.10. The molecule has 2 aromatic rings. The van der Waals surface area contributed by atoms with Gasteiger partial charge in [-0.3, -0.25) is 0 Å². The van der Waals surface area contributed by atoms with Gasteiger partial charge in [0.1, 0.15) is 12.4 Å². The number of hydrogen-bond donors (Lipinski definition) is 0. The van der Waals surface area contributed by atoms with Crippen LogP contribution in [0.2, 0.25) is 0 Å². The maximum absolute atomic E-state index is 5.82. The van der Waals surface area contributed by atoms with Crippen LogP contribution in [-0.2, 0) is 6.61 Å². The van der Waals surface area contributed by atoms with Gasteiger partial charge in [0, 0.05) is 4.47 Å². The van der Waals surface area contributed by atoms with E-state index in [1.165, 1.54) is 22.3 Å². The van der Waals surface area contributed by atoms with Crippen molar-refractivity contribution < 1.29 is 4.74 Å². The van der Waals surface area contributed by atoms with E-state index in [0.717, 1.165) is 10.2 Å². The topological polar surface area (TPSA) is 9.23 Å². The maximum Gasteiger partial charge on any atom is 0.120 e. The van der Waals surface area contributed by atoms with E-state index < -0.39 is 0 Å². The van der Waals surface area contributed by atoms with Crippen LogP contribution in [-0.4, -0.2) is 0 Å². The first kappa shape index (κ1) is 13.2. The summed E-state index contributed by atoms with van der Waals surface area (Å²) in [5, 5.41) is 0. The lowest BCUT2D eigenvalue weighted by atomic mass is 10.1. The van der Waals surface area contributed by atoms with Gasteiger partial charge in [-0.05, 0) is 50.1 Å². The highest BCUT2D eigenvalue weighted by atomic mass is 79.9. The second-order valence-corrected chi connectivity index (χ2v) is 5.55. The van der Waals surface area contributed by atoms with Crippen LogP contribution in [0.3, 0.4) is 0 Å². The van der Waals surface area contributed by atoms with Crippen LogP contribution in [0.1, 0.15) is 22.3 Å². The summed E-state index contributed by atoms with van der Waals surface area (Å²) in [6, 6.07) is 12.6. The fourth-order valence-electron chi connectivity index (χ4n) is 2.03. The molecule has 0 saturated heterocycles. The number of hydrogen-bond acceptors (Lipinski definition) is 1. The van der Waals surface area contributed by atoms with E-state index in [2.05, 4.69) is 54.9 Å². The van der Waals surface area contributed by atoms with E-state index in [9.17, 15) is 0 Å². The van der Waals surface area contributed by atoms with Crippen molar-refractivity contribution in [1.29, 1.82) is 0 Å². The summed E-state index contributed by atoms with van der Waals surface area (Å²) < 4.78 is 6.93. The lowest BCUT2D eigenvalue weighted by Crippen LogP contribution is -1.97. The van der Waals surface area contributed by atoms with E-state index in [1.807, 2.05) is 18.2 Å². The minimum Gasteiger partial charge on any atom is -0.489 e. The van der Waals surface area contributed by atoms with Crippen LogP contribution >= 0.6 is 15.9 Å². The number of benzene rings is 2. The third-order valence-electron chi connectivity index (χ3n) is 2.82. The van der Waals surface area contributed by atoms with Crippen LogP contribution in [0.15, 0.2) is 40.9 Å². The standard InChI is InChI=1S/C16H17BrO/c1-11-6-12(2)8-14(7-11)10-18-15-4-5-16(17)13(3)9-15/h4-9H,10H2,1-3H3. The fraction of sp³-hybridized carbons (Fsp3) is 0.250. The molecule has 0 N–H and O–H groups in total. The van der Waals surface area contributed by atoms with E-state index in [4.69, 9.17) is 4.74 Å². The Morgan fingerprint density at radius 2 is 1.61 bits per heavy atom. The lowest BCUT2D eigenvalue weighted by Gasteiger charge is -2.09. The molecule has 0 aliphatic heterocycles. The predicted octanol–water partition coefficient (Wildman–Crippen LogP) is 4.95. The summed E-state index contributed by atoms with van der Waals surface area (Å²) in [6.07, 6.45) is 0. The van der Waals surface area contributed by atoms with Crippen molar-refractivity contribution >= 4 is 15.9 Å². The fourth-order valence-corrected chi connectivity index (χ4v) is 2.27. The van der Waals surface area contributed by atoms with Crippen LogP contribution in [0.5, 0.6) is 5.75 Å². The number of halogens is 1. The molecule has 0 aliphatic carbocycles. The lowest BCUT2D eigenvalue weighted by molar-refractivity contribution is 0.306. The van der Waals surface area contributed by atoms with Gasteiger partial charge in [0.05, 0.1) is 0 Å². The second kappa shape index (κ2) is 5.57. The van der Waals surface area contributed by atoms with Crippen molar-refractivity contribution in [3.63, 3.8) is 0 Å². The number of ether oxygens (including phenoxy) is 1. The third kappa shape index (κ3) is 3.36. The van der Waals surface area contributed by atoms with Crippen molar-refractivity contribution in [2.24, 2.45) is 0 Å². The van der Waals surface area contributed by atoms with Gasteiger partial charge in [0.2, 0.25) is 0 Å². The molecule has 0 amide bonds. The van der Waals surface area contributed by atoms with E-state index >= 15 is 0 Å². The molecular formula is C16H17BrO. The van der Waals surface area contributed by atoms with Gasteiger partial charge < -0.3 is 4.74 Å². The van der Waals surface area contributed by atoms with Crippen molar-refractivity contribution in [2.75, 3.05) is 0 Å². The van der Waals surface area contributed by atoms with Gasteiger partial charge >= 0.3 is 0 Å². The van der Waals surface area contributed by atoms with Crippen molar-refractivity contribution in [3.05, 3.63) is 63.1 Å². The van der Waals surface area contributed by atoms with Crippen molar-refractivity contribution in [2.45, 2.75) is 27.4 Å². The zero-order valence-electron chi connectivity index (χ0n) is 11.0. The van der Waals surface area contributed by atoms with Crippen LogP contribution in [0.4, 0.5) is 0 Å². The molecule has 2 heteroatoms. The molecule has 0 unspecified atom stereocenters. The quantitative estimate of drug-likeness (QED) is 0.779. The minimum absolute atomic E-state index is 0.615. The van der Waals surface area contributed by atoms with Gasteiger partial charge in [0.15, 0.2) is 0 Å². The molecule has 0 radical (unpaired) electrons. The average molecular weight is 305 g/mol. The second-order valence-electron chi connectivity index (χ2n) is 4.70. The summed E-state index contributed by atoms with van der Waals surface area (Å²) in [4.78, 5) is 0. The summed E-state index contributed by atoms with van der Waals surface area (Å²) in [5.74, 6) is 0.912. The highest BCUT2D eigenvalue weighted by Gasteiger charge is 2.00. The molecule has 1 nitrogen and oxygen atoms in total. The first-order valence-electron chi connectivity index (χ1n) is 6.01. The summed E-state index contributed by atoms with van der Waals surface area (Å²) in [6.45, 7) is 6.90. The van der Waals surface area contributed by atoms with Gasteiger partial charge in [-0.25, -0.2) is 0 Å². The van der Waals surface area contributed by atoms with Gasteiger partial charge in [-0.15, -0.1) is 0 Å². The molecule has 2 aromatic carbocycles. The zero-order valence-corrected chi connectivity index (χ0v) is 12.5. The molecule has 0 aromatic heterocycles. The minimum atomic E-state index is 0.615. The Morgan fingerprint density at radius 3 is 2.22 bits per heavy atom. The van der Waals surface area contributed by atoms with Crippen molar-refractivity contribution in [3.8, 4) is 5.75 Å². The van der Waals surface area contributed by atoms with Crippen LogP contribution in [0.25, 0.3) is 0 Å². The van der Waals surface area contributed by atoms with Gasteiger partial charge in [-0.2, -0.15) is 0 Å². The Bertz CT molecular complexity index is 541. The molecule has 0 bridgehead atoms. The first-order chi connectivity index (χ1) is 8.54. The Morgan fingerprint density at radius 1 is 0.944 bits per heavy atom. The SMILES string of the molecule is Cc1cc(C)cc(COc2ccc(Br)c(C)c2)c1. The third-order valence-corrected chi connectivity index (χ3v) is 3.71. The zero-order chi connectivity index (χ0) is 13.1. The molecular weight excluding hydrogens is 288 g/mol. The summed E-state index contributed by atoms with van der Waals surface area (Å²) >= 11 is 3.49. The number of aryl methyl sites for hydroxylation is 3. The average Bonchev–Trinajstić information content (AvgIpc) is 2.29.